The number of benzene rings is 2. The van der Waals surface area contributed by atoms with E-state index < -0.39 is 0 Å². The topological polar surface area (TPSA) is 18.5 Å². The van der Waals surface area contributed by atoms with Gasteiger partial charge in [-0.3, -0.25) is 0 Å². The van der Waals surface area contributed by atoms with Gasteiger partial charge in [0.05, 0.1) is 0 Å². The van der Waals surface area contributed by atoms with E-state index in [0.29, 0.717) is 19.1 Å². The van der Waals surface area contributed by atoms with Crippen LogP contribution in [0.4, 0.5) is 0 Å². The lowest BCUT2D eigenvalue weighted by Gasteiger charge is -2.21. The molecule has 0 saturated heterocycles. The van der Waals surface area contributed by atoms with Crippen LogP contribution in [-0.4, -0.2) is 0 Å². The van der Waals surface area contributed by atoms with E-state index in [0.717, 1.165) is 29.1 Å². The van der Waals surface area contributed by atoms with Gasteiger partial charge in [0.2, 0.25) is 0 Å². The molecule has 0 radical (unpaired) electrons. The molecule has 2 rings (SSSR count). The molecule has 1 unspecified atom stereocenters. The molecule has 0 aromatic heterocycles. The molecule has 2 aromatic carbocycles. The van der Waals surface area contributed by atoms with Crippen molar-refractivity contribution in [3.63, 3.8) is 0 Å². The van der Waals surface area contributed by atoms with Crippen molar-refractivity contribution in [2.24, 2.45) is 5.92 Å². The van der Waals surface area contributed by atoms with Crippen molar-refractivity contribution in [1.29, 1.82) is 0 Å². The molecular weight excluding hydrogens is 320 g/mol. The summed E-state index contributed by atoms with van der Waals surface area (Å²) in [6.07, 6.45) is 3.06. The highest BCUT2D eigenvalue weighted by atomic mass is 16.5. The summed E-state index contributed by atoms with van der Waals surface area (Å²) in [5.74, 6) is 2.11. The van der Waals surface area contributed by atoms with Gasteiger partial charge in [0.25, 0.3) is 0 Å². The summed E-state index contributed by atoms with van der Waals surface area (Å²) in [5, 5.41) is 0. The molecule has 0 aliphatic rings. The zero-order chi connectivity index (χ0) is 18.8. The molecule has 2 heteroatoms. The lowest BCUT2D eigenvalue weighted by molar-refractivity contribution is 0.132. The average Bonchev–Trinajstić information content (AvgIpc) is 2.70. The van der Waals surface area contributed by atoms with Crippen LogP contribution >= 0.6 is 0 Å². The largest absolute Gasteiger partial charge is 0.485 e. The summed E-state index contributed by atoms with van der Waals surface area (Å²) in [4.78, 5) is 0. The van der Waals surface area contributed by atoms with Gasteiger partial charge in [-0.25, -0.2) is 0 Å². The summed E-state index contributed by atoms with van der Waals surface area (Å²) in [5.41, 5.74) is 3.53. The summed E-state index contributed by atoms with van der Waals surface area (Å²) in [6.45, 7) is 9.64. The van der Waals surface area contributed by atoms with Crippen LogP contribution in [-0.2, 0) is 22.7 Å². The molecule has 0 aliphatic heterocycles. The van der Waals surface area contributed by atoms with Crippen molar-refractivity contribution in [2.75, 3.05) is 0 Å². The molecule has 0 N–H and O–H groups in total. The molecule has 0 spiro atoms. The van der Waals surface area contributed by atoms with E-state index in [4.69, 9.17) is 9.47 Å². The van der Waals surface area contributed by atoms with Crippen molar-refractivity contribution < 1.29 is 9.47 Å². The van der Waals surface area contributed by atoms with Gasteiger partial charge in [0.15, 0.2) is 11.5 Å². The number of rotatable bonds is 9. The van der Waals surface area contributed by atoms with Crippen molar-refractivity contribution in [2.45, 2.75) is 47.3 Å². The zero-order valence-electron chi connectivity index (χ0n) is 16.4. The minimum Gasteiger partial charge on any atom is -0.485 e. The maximum absolute atomic E-state index is 6.24. The molecule has 2 aromatic rings. The van der Waals surface area contributed by atoms with E-state index in [2.05, 4.69) is 45.0 Å². The van der Waals surface area contributed by atoms with Crippen molar-refractivity contribution >= 4 is 0 Å². The Morgan fingerprint density at radius 1 is 0.885 bits per heavy atom. The molecule has 1 atom stereocenters. The minimum atomic E-state index is 0.441. The van der Waals surface area contributed by atoms with Crippen LogP contribution in [0, 0.1) is 5.92 Å². The normalized spacial score (nSPS) is 13.8. The quantitative estimate of drug-likeness (QED) is 0.372. The fourth-order valence-corrected chi connectivity index (χ4v) is 2.65. The fraction of sp³-hybridized carbons (Fsp3) is 0.333. The maximum Gasteiger partial charge on any atom is 0.160 e. The van der Waals surface area contributed by atoms with Gasteiger partial charge < -0.3 is 9.47 Å². The number of hydrogen-bond donors (Lipinski definition) is 0. The van der Waals surface area contributed by atoms with Crippen LogP contribution in [0.5, 0.6) is 0 Å². The highest BCUT2D eigenvalue weighted by Gasteiger charge is 2.16. The molecule has 0 saturated carbocycles. The lowest BCUT2D eigenvalue weighted by Crippen LogP contribution is -2.08. The fourth-order valence-electron chi connectivity index (χ4n) is 2.65. The van der Waals surface area contributed by atoms with E-state index in [1.165, 1.54) is 5.57 Å². The van der Waals surface area contributed by atoms with Crippen LogP contribution < -0.4 is 0 Å². The first kappa shape index (κ1) is 19.8. The van der Waals surface area contributed by atoms with Crippen LogP contribution in [0.2, 0.25) is 0 Å². The van der Waals surface area contributed by atoms with Gasteiger partial charge in [-0.15, -0.1) is 0 Å². The Labute approximate surface area is 158 Å². The van der Waals surface area contributed by atoms with Crippen LogP contribution in [0.1, 0.15) is 45.2 Å². The van der Waals surface area contributed by atoms with Crippen LogP contribution in [0.3, 0.4) is 0 Å². The van der Waals surface area contributed by atoms with E-state index in [9.17, 15) is 0 Å². The van der Waals surface area contributed by atoms with Crippen LogP contribution in [0.25, 0.3) is 0 Å². The molecular formula is C24H30O2. The SMILES string of the molecule is C/C=C(OCc1ccccc1)\C(OCc1ccccc1)=C(/C)C(C)CC. The van der Waals surface area contributed by atoms with Gasteiger partial charge in [0.1, 0.15) is 13.2 Å². The van der Waals surface area contributed by atoms with E-state index in [1.54, 1.807) is 0 Å². The number of ether oxygens (including phenoxy) is 2. The van der Waals surface area contributed by atoms with Crippen LogP contribution in [0.15, 0.2) is 83.8 Å². The molecule has 0 amide bonds. The Bertz CT molecular complexity index is 714. The third-order valence-corrected chi connectivity index (χ3v) is 4.66. The first-order valence-electron chi connectivity index (χ1n) is 9.36. The highest BCUT2D eigenvalue weighted by molar-refractivity contribution is 5.27. The second-order valence-corrected chi connectivity index (χ2v) is 6.52. The Balaban J connectivity index is 2.17. The molecule has 0 bridgehead atoms. The first-order chi connectivity index (χ1) is 12.7. The summed E-state index contributed by atoms with van der Waals surface area (Å²) in [7, 11) is 0. The average molecular weight is 351 g/mol. The lowest BCUT2D eigenvalue weighted by atomic mass is 9.98. The third-order valence-electron chi connectivity index (χ3n) is 4.66. The molecule has 0 fully saturated rings. The summed E-state index contributed by atoms with van der Waals surface area (Å²) >= 11 is 0. The smallest absolute Gasteiger partial charge is 0.160 e. The summed E-state index contributed by atoms with van der Waals surface area (Å²) < 4.78 is 12.4. The Kier molecular flexibility index (Phi) is 8.01. The van der Waals surface area contributed by atoms with E-state index in [-0.39, 0.29) is 0 Å². The third kappa shape index (κ3) is 5.80. The van der Waals surface area contributed by atoms with Gasteiger partial charge in [-0.05, 0) is 49.0 Å². The monoisotopic (exact) mass is 350 g/mol. The first-order valence-corrected chi connectivity index (χ1v) is 9.36. The van der Waals surface area contributed by atoms with Crippen molar-refractivity contribution in [3.05, 3.63) is 95.0 Å². The van der Waals surface area contributed by atoms with Crippen molar-refractivity contribution in [1.82, 2.24) is 0 Å². The maximum atomic E-state index is 6.24. The molecule has 0 aliphatic carbocycles. The van der Waals surface area contributed by atoms with Gasteiger partial charge in [0, 0.05) is 0 Å². The number of hydrogen-bond acceptors (Lipinski definition) is 2. The van der Waals surface area contributed by atoms with Gasteiger partial charge >= 0.3 is 0 Å². The molecule has 26 heavy (non-hydrogen) atoms. The van der Waals surface area contributed by atoms with E-state index >= 15 is 0 Å². The number of allylic oxidation sites excluding steroid dienone is 2. The Hall–Kier alpha value is -2.48. The predicted octanol–water partition coefficient (Wildman–Crippen LogP) is 6.64. The highest BCUT2D eigenvalue weighted by Crippen LogP contribution is 2.26. The molecule has 2 nitrogen and oxygen atoms in total. The zero-order valence-corrected chi connectivity index (χ0v) is 16.4. The second kappa shape index (κ2) is 10.5. The van der Waals surface area contributed by atoms with Gasteiger partial charge in [-0.2, -0.15) is 0 Å². The van der Waals surface area contributed by atoms with Gasteiger partial charge in [-0.1, -0.05) is 74.5 Å². The standard InChI is InChI=1S/C24H30O2/c1-5-19(3)20(4)24(26-18-22-15-11-8-12-16-22)23(6-2)25-17-21-13-9-7-10-14-21/h6-16,19H,5,17-18H2,1-4H3/b23-6+,24-20-. The molecule has 0 heterocycles. The Morgan fingerprint density at radius 3 is 1.85 bits per heavy atom. The molecule has 138 valence electrons. The van der Waals surface area contributed by atoms with E-state index in [1.807, 2.05) is 49.4 Å². The minimum absolute atomic E-state index is 0.441. The van der Waals surface area contributed by atoms with Crippen molar-refractivity contribution in [3.8, 4) is 0 Å². The predicted molar refractivity (Wildman–Crippen MR) is 108 cm³/mol. The Morgan fingerprint density at radius 2 is 1.38 bits per heavy atom. The second-order valence-electron chi connectivity index (χ2n) is 6.52. The summed E-state index contributed by atoms with van der Waals surface area (Å²) in [6, 6.07) is 20.5.